The van der Waals surface area contributed by atoms with Crippen molar-refractivity contribution in [2.24, 2.45) is 11.7 Å². The second-order valence-electron chi connectivity index (χ2n) is 6.19. The van der Waals surface area contributed by atoms with E-state index in [0.717, 1.165) is 45.1 Å². The van der Waals surface area contributed by atoms with Gasteiger partial charge >= 0.3 is 0 Å². The Hall–Kier alpha value is -0.610. The molecule has 1 saturated heterocycles. The van der Waals surface area contributed by atoms with E-state index in [9.17, 15) is 9.90 Å². The van der Waals surface area contributed by atoms with Gasteiger partial charge in [0.2, 0.25) is 5.91 Å². The zero-order valence-electron chi connectivity index (χ0n) is 11.4. The van der Waals surface area contributed by atoms with Crippen molar-refractivity contribution in [1.82, 2.24) is 4.90 Å². The Kier molecular flexibility index (Phi) is 4.28. The van der Waals surface area contributed by atoms with E-state index in [4.69, 9.17) is 5.73 Å². The Morgan fingerprint density at radius 2 is 2.17 bits per heavy atom. The van der Waals surface area contributed by atoms with Crippen molar-refractivity contribution < 1.29 is 9.90 Å². The minimum absolute atomic E-state index is 0.0103. The van der Waals surface area contributed by atoms with Crippen LogP contribution in [0.2, 0.25) is 0 Å². The van der Waals surface area contributed by atoms with Crippen LogP contribution < -0.4 is 5.73 Å². The predicted molar refractivity (Wildman–Crippen MR) is 71.0 cm³/mol. The van der Waals surface area contributed by atoms with Crippen LogP contribution >= 0.6 is 0 Å². The fourth-order valence-corrected chi connectivity index (χ4v) is 3.53. The highest BCUT2D eigenvalue weighted by Crippen LogP contribution is 2.33. The first-order valence-electron chi connectivity index (χ1n) is 7.27. The minimum atomic E-state index is -0.678. The van der Waals surface area contributed by atoms with Crippen LogP contribution in [0.3, 0.4) is 0 Å². The number of hydrogen-bond donors (Lipinski definition) is 2. The second kappa shape index (κ2) is 5.57. The monoisotopic (exact) mass is 254 g/mol. The number of hydrogen-bond acceptors (Lipinski definition) is 3. The van der Waals surface area contributed by atoms with Gasteiger partial charge in [-0.25, -0.2) is 0 Å². The molecule has 1 aliphatic carbocycles. The lowest BCUT2D eigenvalue weighted by Crippen LogP contribution is -2.60. The number of carbonyl (C=O) groups excluding carboxylic acids is 1. The van der Waals surface area contributed by atoms with Crippen LogP contribution in [0.5, 0.6) is 0 Å². The molecule has 0 bridgehead atoms. The molecule has 1 amide bonds. The van der Waals surface area contributed by atoms with Gasteiger partial charge in [-0.15, -0.1) is 0 Å². The highest BCUT2D eigenvalue weighted by atomic mass is 16.3. The molecular formula is C14H26N2O2. The number of rotatable bonds is 2. The van der Waals surface area contributed by atoms with Crippen LogP contribution in [0.25, 0.3) is 0 Å². The maximum atomic E-state index is 12.7. The maximum absolute atomic E-state index is 12.7. The molecule has 3 unspecified atom stereocenters. The summed E-state index contributed by atoms with van der Waals surface area (Å²) in [5.74, 6) is 0.609. The highest BCUT2D eigenvalue weighted by molar-refractivity contribution is 5.86. The summed E-state index contributed by atoms with van der Waals surface area (Å²) in [7, 11) is 0. The molecule has 2 fully saturated rings. The molecule has 1 saturated carbocycles. The molecule has 104 valence electrons. The van der Waals surface area contributed by atoms with Crippen LogP contribution in [0.4, 0.5) is 0 Å². The van der Waals surface area contributed by atoms with E-state index in [1.807, 2.05) is 4.90 Å². The highest BCUT2D eigenvalue weighted by Gasteiger charge is 2.42. The number of aliphatic hydroxyl groups excluding tert-OH is 1. The lowest BCUT2D eigenvalue weighted by atomic mass is 9.76. The SMILES string of the molecule is CC1CCCC(N)(C(=O)N2CCCCC2CO)C1. The first-order chi connectivity index (χ1) is 8.57. The lowest BCUT2D eigenvalue weighted by Gasteiger charge is -2.43. The summed E-state index contributed by atoms with van der Waals surface area (Å²) in [6.45, 7) is 3.00. The molecule has 0 aromatic rings. The van der Waals surface area contributed by atoms with Gasteiger partial charge in [0.25, 0.3) is 0 Å². The molecule has 4 nitrogen and oxygen atoms in total. The summed E-state index contributed by atoms with van der Waals surface area (Å²) in [6, 6.07) is -0.0103. The van der Waals surface area contributed by atoms with Crippen molar-refractivity contribution in [2.75, 3.05) is 13.2 Å². The van der Waals surface area contributed by atoms with Crippen molar-refractivity contribution in [3.05, 3.63) is 0 Å². The third kappa shape index (κ3) is 2.69. The third-order valence-corrected chi connectivity index (χ3v) is 4.56. The van der Waals surface area contributed by atoms with Crippen LogP contribution in [0.1, 0.15) is 51.9 Å². The first-order valence-corrected chi connectivity index (χ1v) is 7.27. The van der Waals surface area contributed by atoms with Gasteiger partial charge in [0.05, 0.1) is 18.2 Å². The molecule has 18 heavy (non-hydrogen) atoms. The summed E-state index contributed by atoms with van der Waals surface area (Å²) in [5.41, 5.74) is 5.69. The van der Waals surface area contributed by atoms with E-state index in [1.165, 1.54) is 6.42 Å². The van der Waals surface area contributed by atoms with Gasteiger partial charge in [0.15, 0.2) is 0 Å². The van der Waals surface area contributed by atoms with E-state index in [-0.39, 0.29) is 18.6 Å². The van der Waals surface area contributed by atoms with Gasteiger partial charge in [-0.2, -0.15) is 0 Å². The number of aliphatic hydroxyl groups is 1. The zero-order valence-corrected chi connectivity index (χ0v) is 11.4. The van der Waals surface area contributed by atoms with E-state index >= 15 is 0 Å². The minimum Gasteiger partial charge on any atom is -0.394 e. The van der Waals surface area contributed by atoms with Crippen molar-refractivity contribution in [3.63, 3.8) is 0 Å². The number of nitrogens with zero attached hydrogens (tertiary/aromatic N) is 1. The van der Waals surface area contributed by atoms with Gasteiger partial charge in [-0.1, -0.05) is 19.8 Å². The number of likely N-dealkylation sites (tertiary alicyclic amines) is 1. The topological polar surface area (TPSA) is 66.6 Å². The van der Waals surface area contributed by atoms with E-state index < -0.39 is 5.54 Å². The van der Waals surface area contributed by atoms with Crippen molar-refractivity contribution in [1.29, 1.82) is 0 Å². The summed E-state index contributed by atoms with van der Waals surface area (Å²) in [5, 5.41) is 9.41. The Balaban J connectivity index is 2.08. The summed E-state index contributed by atoms with van der Waals surface area (Å²) < 4.78 is 0. The van der Waals surface area contributed by atoms with Gasteiger partial charge in [-0.3, -0.25) is 4.79 Å². The van der Waals surface area contributed by atoms with Gasteiger partial charge in [-0.05, 0) is 38.0 Å². The molecule has 1 aliphatic heterocycles. The predicted octanol–water partition coefficient (Wildman–Crippen LogP) is 1.27. The van der Waals surface area contributed by atoms with Crippen LogP contribution in [-0.2, 0) is 4.79 Å². The molecule has 0 aromatic heterocycles. The first kappa shape index (κ1) is 13.8. The Labute approximate surface area is 110 Å². The van der Waals surface area contributed by atoms with E-state index in [1.54, 1.807) is 0 Å². The summed E-state index contributed by atoms with van der Waals surface area (Å²) in [6.07, 6.45) is 6.85. The molecule has 2 rings (SSSR count). The molecule has 0 radical (unpaired) electrons. The zero-order chi connectivity index (χ0) is 13.2. The van der Waals surface area contributed by atoms with Gasteiger partial charge < -0.3 is 15.7 Å². The quantitative estimate of drug-likeness (QED) is 0.780. The number of amides is 1. The Morgan fingerprint density at radius 1 is 1.39 bits per heavy atom. The molecule has 0 aromatic carbocycles. The summed E-state index contributed by atoms with van der Waals surface area (Å²) >= 11 is 0. The van der Waals surface area contributed by atoms with Crippen LogP contribution in [-0.4, -0.2) is 40.6 Å². The standard InChI is InChI=1S/C14H26N2O2/c1-11-5-4-7-14(15,9-11)13(18)16-8-3-2-6-12(16)10-17/h11-12,17H,2-10,15H2,1H3. The number of carbonyl (C=O) groups is 1. The van der Waals surface area contributed by atoms with Crippen molar-refractivity contribution in [2.45, 2.75) is 63.5 Å². The normalized spacial score (nSPS) is 37.6. The van der Waals surface area contributed by atoms with Gasteiger partial charge in [0, 0.05) is 6.54 Å². The molecule has 2 aliphatic rings. The third-order valence-electron chi connectivity index (χ3n) is 4.56. The smallest absolute Gasteiger partial charge is 0.242 e. The number of nitrogens with two attached hydrogens (primary N) is 1. The lowest BCUT2D eigenvalue weighted by molar-refractivity contribution is -0.143. The Bertz CT molecular complexity index is 308. The van der Waals surface area contributed by atoms with Gasteiger partial charge in [0.1, 0.15) is 0 Å². The van der Waals surface area contributed by atoms with E-state index in [0.29, 0.717) is 5.92 Å². The van der Waals surface area contributed by atoms with E-state index in [2.05, 4.69) is 6.92 Å². The van der Waals surface area contributed by atoms with Crippen LogP contribution in [0.15, 0.2) is 0 Å². The van der Waals surface area contributed by atoms with Crippen molar-refractivity contribution >= 4 is 5.91 Å². The fourth-order valence-electron chi connectivity index (χ4n) is 3.53. The molecule has 1 heterocycles. The molecule has 0 spiro atoms. The molecule has 3 N–H and O–H groups in total. The largest absolute Gasteiger partial charge is 0.394 e. The second-order valence-corrected chi connectivity index (χ2v) is 6.19. The average Bonchev–Trinajstić information content (AvgIpc) is 2.37. The molecule has 4 heteroatoms. The molecular weight excluding hydrogens is 228 g/mol. The van der Waals surface area contributed by atoms with Crippen LogP contribution in [0, 0.1) is 5.92 Å². The maximum Gasteiger partial charge on any atom is 0.242 e. The molecule has 3 atom stereocenters. The Morgan fingerprint density at radius 3 is 2.83 bits per heavy atom. The summed E-state index contributed by atoms with van der Waals surface area (Å²) in [4.78, 5) is 14.5. The average molecular weight is 254 g/mol. The van der Waals surface area contributed by atoms with Crippen molar-refractivity contribution in [3.8, 4) is 0 Å². The number of piperidine rings is 1. The fraction of sp³-hybridized carbons (Fsp3) is 0.929.